The summed E-state index contributed by atoms with van der Waals surface area (Å²) in [6.45, 7) is 0. The molecule has 0 amide bonds. The van der Waals surface area contributed by atoms with Gasteiger partial charge in [-0.2, -0.15) is 0 Å². The molecule has 3 aromatic rings. The van der Waals surface area contributed by atoms with E-state index in [2.05, 4.69) is 0 Å². The molecule has 0 radical (unpaired) electrons. The summed E-state index contributed by atoms with van der Waals surface area (Å²) in [5.41, 5.74) is 1.64. The van der Waals surface area contributed by atoms with Crippen molar-refractivity contribution in [1.82, 2.24) is 0 Å². The molecule has 0 unspecified atom stereocenters. The molecule has 0 spiro atoms. The van der Waals surface area contributed by atoms with Gasteiger partial charge in [-0.05, 0) is 42.0 Å². The second kappa shape index (κ2) is 8.30. The first-order chi connectivity index (χ1) is 16.4. The Morgan fingerprint density at radius 3 is 2.53 bits per heavy atom. The zero-order valence-electron chi connectivity index (χ0n) is 18.2. The zero-order valence-corrected chi connectivity index (χ0v) is 18.2. The second-order valence-corrected chi connectivity index (χ2v) is 7.78. The van der Waals surface area contributed by atoms with Gasteiger partial charge < -0.3 is 18.9 Å². The highest BCUT2D eigenvalue weighted by Gasteiger charge is 2.38. The number of allylic oxidation sites excluding steroid dienone is 1. The topological polar surface area (TPSA) is 71.1 Å². The fourth-order valence-electron chi connectivity index (χ4n) is 4.29. The van der Waals surface area contributed by atoms with Gasteiger partial charge in [0.2, 0.25) is 5.78 Å². The Bertz CT molecular complexity index is 1380. The molecule has 8 heteroatoms. The molecule has 0 N–H and O–H groups in total. The number of ketones is 1. The average molecular weight is 464 g/mol. The van der Waals surface area contributed by atoms with Gasteiger partial charge in [-0.25, -0.2) is 8.78 Å². The standard InChI is InChI=1S/C26H18F2O6/c1-31-20-5-3-4-14(25(20)32-2)11-21-24(30)15-7-9-19-23(26(15)34-21)16(12-22(29)33-19)13-6-8-17(27)18(28)10-13/h3-11,16H,12H2,1-2H3/b21-11-/t16-/m0/s1. The number of rotatable bonds is 4. The number of halogens is 2. The summed E-state index contributed by atoms with van der Waals surface area (Å²) < 4.78 is 49.6. The van der Waals surface area contributed by atoms with E-state index in [9.17, 15) is 18.4 Å². The normalized spacial score (nSPS) is 17.6. The van der Waals surface area contributed by atoms with Crippen molar-refractivity contribution in [2.45, 2.75) is 12.3 Å². The molecule has 0 aliphatic carbocycles. The number of hydrogen-bond acceptors (Lipinski definition) is 6. The van der Waals surface area contributed by atoms with Gasteiger partial charge >= 0.3 is 5.97 Å². The number of carbonyl (C=O) groups is 2. The monoisotopic (exact) mass is 464 g/mol. The van der Waals surface area contributed by atoms with Gasteiger partial charge in [0.15, 0.2) is 28.9 Å². The Balaban J connectivity index is 1.62. The molecule has 5 rings (SSSR count). The molecule has 0 saturated heterocycles. The lowest BCUT2D eigenvalue weighted by atomic mass is 9.84. The van der Waals surface area contributed by atoms with E-state index in [0.29, 0.717) is 28.2 Å². The van der Waals surface area contributed by atoms with Crippen molar-refractivity contribution in [2.24, 2.45) is 0 Å². The lowest BCUT2D eigenvalue weighted by molar-refractivity contribution is -0.135. The minimum absolute atomic E-state index is 0.0379. The summed E-state index contributed by atoms with van der Waals surface area (Å²) in [5.74, 6) is -2.22. The number of benzene rings is 3. The predicted octanol–water partition coefficient (Wildman–Crippen LogP) is 5.04. The van der Waals surface area contributed by atoms with Crippen molar-refractivity contribution < 1.29 is 37.3 Å². The van der Waals surface area contributed by atoms with Gasteiger partial charge in [0.25, 0.3) is 0 Å². The van der Waals surface area contributed by atoms with Crippen LogP contribution in [-0.2, 0) is 4.79 Å². The molecule has 0 bridgehead atoms. The summed E-state index contributed by atoms with van der Waals surface area (Å²) in [6.07, 6.45) is 1.42. The molecule has 0 saturated carbocycles. The largest absolute Gasteiger partial charge is 0.493 e. The number of para-hydroxylation sites is 1. The number of ether oxygens (including phenoxy) is 4. The predicted molar refractivity (Wildman–Crippen MR) is 117 cm³/mol. The van der Waals surface area contributed by atoms with Crippen LogP contribution in [0.25, 0.3) is 6.08 Å². The molecule has 6 nitrogen and oxygen atoms in total. The molecule has 34 heavy (non-hydrogen) atoms. The van der Waals surface area contributed by atoms with Crippen molar-refractivity contribution in [2.75, 3.05) is 14.2 Å². The molecule has 2 aliphatic heterocycles. The third-order valence-electron chi connectivity index (χ3n) is 5.85. The maximum absolute atomic E-state index is 14.0. The van der Waals surface area contributed by atoms with Crippen LogP contribution in [0.4, 0.5) is 8.78 Å². The van der Waals surface area contributed by atoms with Crippen LogP contribution in [0.15, 0.2) is 54.3 Å². The van der Waals surface area contributed by atoms with E-state index < -0.39 is 23.5 Å². The second-order valence-electron chi connectivity index (χ2n) is 7.78. The first-order valence-corrected chi connectivity index (χ1v) is 10.4. The Kier molecular flexibility index (Phi) is 5.28. The Hall–Kier alpha value is -4.20. The molecule has 172 valence electrons. The van der Waals surface area contributed by atoms with Crippen LogP contribution in [0.5, 0.6) is 23.0 Å². The van der Waals surface area contributed by atoms with Gasteiger partial charge in [-0.3, -0.25) is 9.59 Å². The number of fused-ring (bicyclic) bond motifs is 3. The van der Waals surface area contributed by atoms with E-state index in [0.717, 1.165) is 12.1 Å². The maximum atomic E-state index is 14.0. The van der Waals surface area contributed by atoms with Gasteiger partial charge in [0.1, 0.15) is 11.5 Å². The van der Waals surface area contributed by atoms with Crippen LogP contribution in [0.2, 0.25) is 0 Å². The van der Waals surface area contributed by atoms with Crippen LogP contribution in [-0.4, -0.2) is 26.0 Å². The maximum Gasteiger partial charge on any atom is 0.312 e. The third kappa shape index (κ3) is 3.48. The minimum atomic E-state index is -1.03. The summed E-state index contributed by atoms with van der Waals surface area (Å²) in [4.78, 5) is 25.4. The fourth-order valence-corrected chi connectivity index (χ4v) is 4.29. The molecule has 3 aromatic carbocycles. The van der Waals surface area contributed by atoms with Gasteiger partial charge in [0, 0.05) is 17.0 Å². The number of carbonyl (C=O) groups excluding carboxylic acids is 2. The molecular formula is C26H18F2O6. The molecular weight excluding hydrogens is 446 g/mol. The molecule has 0 aromatic heterocycles. The third-order valence-corrected chi connectivity index (χ3v) is 5.85. The van der Waals surface area contributed by atoms with Crippen molar-refractivity contribution in [3.05, 3.63) is 88.2 Å². The SMILES string of the molecule is COc1cccc(/C=C2\Oc3c(ccc4c3[C@H](c3ccc(F)c(F)c3)CC(=O)O4)C2=O)c1OC. The number of esters is 1. The lowest BCUT2D eigenvalue weighted by Crippen LogP contribution is -2.21. The summed E-state index contributed by atoms with van der Waals surface area (Å²) >= 11 is 0. The van der Waals surface area contributed by atoms with Gasteiger partial charge in [0.05, 0.1) is 26.2 Å². The smallest absolute Gasteiger partial charge is 0.312 e. The summed E-state index contributed by atoms with van der Waals surface area (Å²) in [6, 6.07) is 11.7. The summed E-state index contributed by atoms with van der Waals surface area (Å²) in [5, 5.41) is 0. The van der Waals surface area contributed by atoms with Gasteiger partial charge in [-0.1, -0.05) is 18.2 Å². The fraction of sp³-hybridized carbons (Fsp3) is 0.154. The van der Waals surface area contributed by atoms with Crippen molar-refractivity contribution >= 4 is 17.8 Å². The van der Waals surface area contributed by atoms with Crippen LogP contribution < -0.4 is 18.9 Å². The number of methoxy groups -OCH3 is 2. The molecule has 2 heterocycles. The van der Waals surface area contributed by atoms with Crippen molar-refractivity contribution in [3.63, 3.8) is 0 Å². The van der Waals surface area contributed by atoms with E-state index in [1.807, 2.05) is 0 Å². The van der Waals surface area contributed by atoms with Crippen LogP contribution in [0.3, 0.4) is 0 Å². The zero-order chi connectivity index (χ0) is 24.0. The number of hydrogen-bond donors (Lipinski definition) is 0. The van der Waals surface area contributed by atoms with Crippen molar-refractivity contribution in [1.29, 1.82) is 0 Å². The van der Waals surface area contributed by atoms with E-state index in [4.69, 9.17) is 18.9 Å². The first-order valence-electron chi connectivity index (χ1n) is 10.4. The van der Waals surface area contributed by atoms with E-state index >= 15 is 0 Å². The highest BCUT2D eigenvalue weighted by molar-refractivity contribution is 6.15. The van der Waals surface area contributed by atoms with E-state index in [1.54, 1.807) is 18.2 Å². The number of Topliss-reactive ketones (excluding diaryl/α,β-unsaturated/α-hetero) is 1. The van der Waals surface area contributed by atoms with Gasteiger partial charge in [-0.15, -0.1) is 0 Å². The lowest BCUT2D eigenvalue weighted by Gasteiger charge is -2.26. The van der Waals surface area contributed by atoms with Crippen molar-refractivity contribution in [3.8, 4) is 23.0 Å². The van der Waals surface area contributed by atoms with E-state index in [1.165, 1.54) is 38.5 Å². The Labute approximate surface area is 193 Å². The molecule has 2 aliphatic rings. The highest BCUT2D eigenvalue weighted by Crippen LogP contribution is 2.49. The molecule has 0 fully saturated rings. The summed E-state index contributed by atoms with van der Waals surface area (Å²) in [7, 11) is 3.00. The molecule has 1 atom stereocenters. The minimum Gasteiger partial charge on any atom is -0.493 e. The quantitative estimate of drug-likeness (QED) is 0.306. The Morgan fingerprint density at radius 2 is 1.79 bits per heavy atom. The Morgan fingerprint density at radius 1 is 0.971 bits per heavy atom. The van der Waals surface area contributed by atoms with Crippen LogP contribution in [0, 0.1) is 11.6 Å². The van der Waals surface area contributed by atoms with Crippen LogP contribution in [0.1, 0.15) is 39.4 Å². The highest BCUT2D eigenvalue weighted by atomic mass is 19.2. The van der Waals surface area contributed by atoms with Crippen LogP contribution >= 0.6 is 0 Å². The first kappa shape index (κ1) is 21.6. The van der Waals surface area contributed by atoms with E-state index in [-0.39, 0.29) is 35.0 Å². The average Bonchev–Trinajstić information content (AvgIpc) is 3.15.